The molecule has 0 fully saturated rings. The third-order valence-corrected chi connectivity index (χ3v) is 3.78. The molecule has 0 aliphatic carbocycles. The molecular formula is C18H24N4O. The summed E-state index contributed by atoms with van der Waals surface area (Å²) in [4.78, 5) is 8.78. The van der Waals surface area contributed by atoms with E-state index in [2.05, 4.69) is 34.3 Å². The number of nitrogens with one attached hydrogen (secondary N) is 1. The van der Waals surface area contributed by atoms with Crippen LogP contribution < -0.4 is 15.8 Å². The van der Waals surface area contributed by atoms with Crippen molar-refractivity contribution in [3.8, 4) is 5.75 Å². The van der Waals surface area contributed by atoms with Gasteiger partial charge in [-0.3, -0.25) is 4.98 Å². The number of pyridine rings is 1. The molecule has 0 saturated heterocycles. The van der Waals surface area contributed by atoms with Crippen molar-refractivity contribution in [1.82, 2.24) is 4.98 Å². The maximum Gasteiger partial charge on any atom is 0.193 e. The molecule has 0 atom stereocenters. The number of hydrogen-bond acceptors (Lipinski definition) is 3. The number of anilines is 1. The topological polar surface area (TPSA) is 72.5 Å². The lowest BCUT2D eigenvalue weighted by molar-refractivity contribution is 0.407. The zero-order valence-corrected chi connectivity index (χ0v) is 14.2. The Morgan fingerprint density at radius 3 is 2.57 bits per heavy atom. The lowest BCUT2D eigenvalue weighted by Crippen LogP contribution is -2.22. The third-order valence-electron chi connectivity index (χ3n) is 3.78. The normalized spacial score (nSPS) is 11.4. The van der Waals surface area contributed by atoms with Gasteiger partial charge in [-0.1, -0.05) is 19.1 Å². The van der Waals surface area contributed by atoms with Gasteiger partial charge in [0.05, 0.1) is 19.3 Å². The summed E-state index contributed by atoms with van der Waals surface area (Å²) in [5.74, 6) is 1.22. The van der Waals surface area contributed by atoms with Crippen LogP contribution in [0.1, 0.15) is 29.3 Å². The van der Waals surface area contributed by atoms with Crippen LogP contribution in [-0.2, 0) is 13.0 Å². The molecule has 0 amide bonds. The summed E-state index contributed by atoms with van der Waals surface area (Å²) < 4.78 is 5.41. The molecule has 2 aromatic rings. The first kappa shape index (κ1) is 16.8. The predicted octanol–water partition coefficient (Wildman–Crippen LogP) is 3.20. The highest BCUT2D eigenvalue weighted by Gasteiger charge is 2.09. The molecule has 0 aliphatic rings. The van der Waals surface area contributed by atoms with Crippen molar-refractivity contribution in [2.45, 2.75) is 33.7 Å². The molecule has 23 heavy (non-hydrogen) atoms. The van der Waals surface area contributed by atoms with E-state index in [1.807, 2.05) is 26.0 Å². The van der Waals surface area contributed by atoms with E-state index in [9.17, 15) is 0 Å². The van der Waals surface area contributed by atoms with Crippen molar-refractivity contribution in [2.24, 2.45) is 10.7 Å². The first-order valence-corrected chi connectivity index (χ1v) is 7.70. The van der Waals surface area contributed by atoms with E-state index in [1.54, 1.807) is 13.3 Å². The van der Waals surface area contributed by atoms with Crippen LogP contribution in [0.2, 0.25) is 0 Å². The van der Waals surface area contributed by atoms with Crippen LogP contribution in [0.15, 0.2) is 35.5 Å². The standard InChI is InChI=1S/C18H24N4O/c1-5-14-6-8-15(9-7-14)22-18(19)21-11-16-13(3)17(23-4)12(2)10-20-16/h6-10H,5,11H2,1-4H3,(H3,19,21,22). The molecule has 0 radical (unpaired) electrons. The van der Waals surface area contributed by atoms with Crippen molar-refractivity contribution in [3.05, 3.63) is 52.8 Å². The minimum atomic E-state index is 0.370. The van der Waals surface area contributed by atoms with E-state index < -0.39 is 0 Å². The first-order chi connectivity index (χ1) is 11.0. The van der Waals surface area contributed by atoms with Crippen molar-refractivity contribution >= 4 is 11.6 Å². The SMILES string of the molecule is CCc1ccc(NC(N)=NCc2ncc(C)c(OC)c2C)cc1. The monoisotopic (exact) mass is 312 g/mol. The second-order valence-electron chi connectivity index (χ2n) is 5.42. The van der Waals surface area contributed by atoms with Crippen molar-refractivity contribution in [2.75, 3.05) is 12.4 Å². The fourth-order valence-electron chi connectivity index (χ4n) is 2.40. The third kappa shape index (κ3) is 4.22. The summed E-state index contributed by atoms with van der Waals surface area (Å²) in [6.07, 6.45) is 2.81. The highest BCUT2D eigenvalue weighted by atomic mass is 16.5. The summed E-state index contributed by atoms with van der Waals surface area (Å²) in [6, 6.07) is 8.15. The molecule has 1 aromatic carbocycles. The number of aromatic nitrogens is 1. The number of aliphatic imine (C=N–C) groups is 1. The average molecular weight is 312 g/mol. The number of methoxy groups -OCH3 is 1. The van der Waals surface area contributed by atoms with E-state index in [1.165, 1.54) is 5.56 Å². The molecule has 0 unspecified atom stereocenters. The van der Waals surface area contributed by atoms with E-state index in [0.29, 0.717) is 12.5 Å². The van der Waals surface area contributed by atoms with E-state index >= 15 is 0 Å². The number of ether oxygens (including phenoxy) is 1. The molecule has 1 heterocycles. The maximum atomic E-state index is 5.95. The van der Waals surface area contributed by atoms with Crippen molar-refractivity contribution in [1.29, 1.82) is 0 Å². The summed E-state index contributed by atoms with van der Waals surface area (Å²) in [5, 5.41) is 3.09. The largest absolute Gasteiger partial charge is 0.496 e. The van der Waals surface area contributed by atoms with Crippen LogP contribution in [0.4, 0.5) is 5.69 Å². The van der Waals surface area contributed by atoms with Crippen LogP contribution in [0, 0.1) is 13.8 Å². The van der Waals surface area contributed by atoms with Crippen molar-refractivity contribution < 1.29 is 4.74 Å². The second kappa shape index (κ2) is 7.63. The molecule has 0 bridgehead atoms. The second-order valence-corrected chi connectivity index (χ2v) is 5.42. The lowest BCUT2D eigenvalue weighted by Gasteiger charge is -2.11. The van der Waals surface area contributed by atoms with Crippen LogP contribution in [0.5, 0.6) is 5.75 Å². The number of nitrogens with two attached hydrogens (primary N) is 1. The molecule has 3 N–H and O–H groups in total. The Hall–Kier alpha value is -2.56. The predicted molar refractivity (Wildman–Crippen MR) is 95.0 cm³/mol. The van der Waals surface area contributed by atoms with Gasteiger partial charge in [-0.2, -0.15) is 0 Å². The van der Waals surface area contributed by atoms with Gasteiger partial charge in [0.1, 0.15) is 5.75 Å². The quantitative estimate of drug-likeness (QED) is 0.657. The molecule has 5 heteroatoms. The molecular weight excluding hydrogens is 288 g/mol. The molecule has 1 aromatic heterocycles. The number of guanidine groups is 1. The number of hydrogen-bond donors (Lipinski definition) is 2. The Labute approximate surface area is 137 Å². The Kier molecular flexibility index (Phi) is 5.57. The average Bonchev–Trinajstić information content (AvgIpc) is 2.55. The zero-order chi connectivity index (χ0) is 16.8. The van der Waals surface area contributed by atoms with Gasteiger partial charge in [0, 0.05) is 23.0 Å². The van der Waals surface area contributed by atoms with E-state index in [-0.39, 0.29) is 0 Å². The first-order valence-electron chi connectivity index (χ1n) is 7.70. The van der Waals surface area contributed by atoms with Gasteiger partial charge in [-0.25, -0.2) is 4.99 Å². The van der Waals surface area contributed by atoms with Gasteiger partial charge in [0.2, 0.25) is 0 Å². The summed E-state index contributed by atoms with van der Waals surface area (Å²) in [5.41, 5.74) is 11.0. The van der Waals surface area contributed by atoms with Gasteiger partial charge in [-0.05, 0) is 38.0 Å². The Bertz CT molecular complexity index is 693. The highest BCUT2D eigenvalue weighted by Crippen LogP contribution is 2.24. The number of nitrogens with zero attached hydrogens (tertiary/aromatic N) is 2. The molecule has 2 rings (SSSR count). The molecule has 122 valence electrons. The van der Waals surface area contributed by atoms with E-state index in [0.717, 1.165) is 34.7 Å². The molecule has 5 nitrogen and oxygen atoms in total. The minimum absolute atomic E-state index is 0.370. The number of rotatable bonds is 5. The Balaban J connectivity index is 2.07. The highest BCUT2D eigenvalue weighted by molar-refractivity contribution is 5.92. The van der Waals surface area contributed by atoms with Gasteiger partial charge in [0.15, 0.2) is 5.96 Å². The Morgan fingerprint density at radius 1 is 1.26 bits per heavy atom. The van der Waals surface area contributed by atoms with Gasteiger partial charge < -0.3 is 15.8 Å². The number of benzene rings is 1. The van der Waals surface area contributed by atoms with Crippen LogP contribution >= 0.6 is 0 Å². The maximum absolute atomic E-state index is 5.95. The Morgan fingerprint density at radius 2 is 1.96 bits per heavy atom. The van der Waals surface area contributed by atoms with Crippen molar-refractivity contribution in [3.63, 3.8) is 0 Å². The summed E-state index contributed by atoms with van der Waals surface area (Å²) >= 11 is 0. The van der Waals surface area contributed by atoms with Gasteiger partial charge >= 0.3 is 0 Å². The van der Waals surface area contributed by atoms with Gasteiger partial charge in [-0.15, -0.1) is 0 Å². The minimum Gasteiger partial charge on any atom is -0.496 e. The van der Waals surface area contributed by atoms with Gasteiger partial charge in [0.25, 0.3) is 0 Å². The lowest BCUT2D eigenvalue weighted by atomic mass is 10.1. The molecule has 0 aliphatic heterocycles. The van der Waals surface area contributed by atoms with Crippen LogP contribution in [-0.4, -0.2) is 18.1 Å². The fourth-order valence-corrected chi connectivity index (χ4v) is 2.40. The summed E-state index contributed by atoms with van der Waals surface area (Å²) in [7, 11) is 1.66. The smallest absolute Gasteiger partial charge is 0.193 e. The molecule has 0 spiro atoms. The fraction of sp³-hybridized carbons (Fsp3) is 0.333. The van der Waals surface area contributed by atoms with Crippen LogP contribution in [0.3, 0.4) is 0 Å². The van der Waals surface area contributed by atoms with Crippen LogP contribution in [0.25, 0.3) is 0 Å². The number of aryl methyl sites for hydroxylation is 2. The summed E-state index contributed by atoms with van der Waals surface area (Å²) in [6.45, 7) is 6.50. The zero-order valence-electron chi connectivity index (χ0n) is 14.2. The van der Waals surface area contributed by atoms with E-state index in [4.69, 9.17) is 10.5 Å². The molecule has 0 saturated carbocycles.